The number of nitrogens with one attached hydrogen (secondary N) is 1. The Morgan fingerprint density at radius 1 is 1.00 bits per heavy atom. The minimum absolute atomic E-state index is 0.726. The van der Waals surface area contributed by atoms with E-state index in [1.54, 1.807) is 14.2 Å². The first-order chi connectivity index (χ1) is 9.72. The van der Waals surface area contributed by atoms with E-state index in [0.717, 1.165) is 50.6 Å². The summed E-state index contributed by atoms with van der Waals surface area (Å²) < 4.78 is 16.3. The maximum absolute atomic E-state index is 5.63. The van der Waals surface area contributed by atoms with Crippen LogP contribution in [-0.2, 0) is 11.2 Å². The van der Waals surface area contributed by atoms with E-state index in [1.165, 1.54) is 11.1 Å². The Bertz CT molecular complexity index is 394. The monoisotopic (exact) mass is 281 g/mol. The molecule has 1 aromatic carbocycles. The van der Waals surface area contributed by atoms with Crippen LogP contribution in [0.15, 0.2) is 12.1 Å². The number of hydrogen-bond acceptors (Lipinski definition) is 4. The molecule has 0 unspecified atom stereocenters. The lowest BCUT2D eigenvalue weighted by Gasteiger charge is -2.13. The zero-order valence-corrected chi connectivity index (χ0v) is 13.1. The average Bonchev–Trinajstić information content (AvgIpc) is 2.47. The number of rotatable bonds is 10. The molecule has 1 N–H and O–H groups in total. The van der Waals surface area contributed by atoms with Crippen molar-refractivity contribution < 1.29 is 14.2 Å². The lowest BCUT2D eigenvalue weighted by atomic mass is 10.1. The van der Waals surface area contributed by atoms with Crippen LogP contribution in [0.4, 0.5) is 0 Å². The van der Waals surface area contributed by atoms with Gasteiger partial charge in [-0.2, -0.15) is 0 Å². The molecule has 0 aliphatic heterocycles. The summed E-state index contributed by atoms with van der Waals surface area (Å²) in [4.78, 5) is 0. The third kappa shape index (κ3) is 5.39. The van der Waals surface area contributed by atoms with Gasteiger partial charge < -0.3 is 19.5 Å². The van der Waals surface area contributed by atoms with Gasteiger partial charge in [-0.25, -0.2) is 0 Å². The molecule has 0 aliphatic carbocycles. The quantitative estimate of drug-likeness (QED) is 0.669. The largest absolute Gasteiger partial charge is 0.493 e. The molecule has 0 aromatic heterocycles. The van der Waals surface area contributed by atoms with Crippen LogP contribution >= 0.6 is 0 Å². The van der Waals surface area contributed by atoms with Crippen molar-refractivity contribution in [2.45, 2.75) is 26.7 Å². The fourth-order valence-electron chi connectivity index (χ4n) is 2.02. The first kappa shape index (κ1) is 16.8. The van der Waals surface area contributed by atoms with Crippen molar-refractivity contribution in [3.05, 3.63) is 23.3 Å². The van der Waals surface area contributed by atoms with Crippen molar-refractivity contribution in [1.29, 1.82) is 0 Å². The molecule has 20 heavy (non-hydrogen) atoms. The summed E-state index contributed by atoms with van der Waals surface area (Å²) in [5, 5.41) is 3.32. The third-order valence-corrected chi connectivity index (χ3v) is 3.21. The average molecular weight is 281 g/mol. The molecular weight excluding hydrogens is 254 g/mol. The van der Waals surface area contributed by atoms with Gasteiger partial charge in [0.1, 0.15) is 0 Å². The summed E-state index contributed by atoms with van der Waals surface area (Å²) in [7, 11) is 3.32. The van der Waals surface area contributed by atoms with E-state index < -0.39 is 0 Å². The lowest BCUT2D eigenvalue weighted by molar-refractivity contribution is 0.139. The Labute approximate surface area is 122 Å². The molecule has 0 bridgehead atoms. The van der Waals surface area contributed by atoms with Crippen molar-refractivity contribution in [3.63, 3.8) is 0 Å². The molecule has 0 aliphatic rings. The standard InChI is InChI=1S/C16H27NO3/c1-5-7-17-8-10-20-9-6-14-12-16(19-4)15(18-3)11-13(14)2/h11-12,17H,5-10H2,1-4H3. The molecule has 0 heterocycles. The van der Waals surface area contributed by atoms with Crippen molar-refractivity contribution in [1.82, 2.24) is 5.32 Å². The van der Waals surface area contributed by atoms with E-state index in [-0.39, 0.29) is 0 Å². The Morgan fingerprint density at radius 3 is 2.35 bits per heavy atom. The van der Waals surface area contributed by atoms with Crippen molar-refractivity contribution in [2.24, 2.45) is 0 Å². The second kappa shape index (κ2) is 9.61. The molecule has 4 nitrogen and oxygen atoms in total. The summed E-state index contributed by atoms with van der Waals surface area (Å²) in [6, 6.07) is 4.05. The van der Waals surface area contributed by atoms with Gasteiger partial charge in [0, 0.05) is 6.54 Å². The SMILES string of the molecule is CCCNCCOCCc1cc(OC)c(OC)cc1C. The van der Waals surface area contributed by atoms with Crippen LogP contribution < -0.4 is 14.8 Å². The van der Waals surface area contributed by atoms with Gasteiger partial charge in [-0.1, -0.05) is 6.92 Å². The summed E-state index contributed by atoms with van der Waals surface area (Å²) in [5.41, 5.74) is 2.44. The highest BCUT2D eigenvalue weighted by molar-refractivity contribution is 5.47. The predicted octanol–water partition coefficient (Wildman–Crippen LogP) is 2.57. The first-order valence-corrected chi connectivity index (χ1v) is 7.22. The van der Waals surface area contributed by atoms with Gasteiger partial charge in [0.2, 0.25) is 0 Å². The molecule has 0 fully saturated rings. The molecule has 1 rings (SSSR count). The molecule has 0 atom stereocenters. The Hall–Kier alpha value is -1.26. The maximum Gasteiger partial charge on any atom is 0.161 e. The van der Waals surface area contributed by atoms with Gasteiger partial charge in [0.15, 0.2) is 11.5 Å². The fraction of sp³-hybridized carbons (Fsp3) is 0.625. The fourth-order valence-corrected chi connectivity index (χ4v) is 2.02. The summed E-state index contributed by atoms with van der Waals surface area (Å²) in [5.74, 6) is 1.55. The number of hydrogen-bond donors (Lipinski definition) is 1. The molecule has 0 saturated carbocycles. The topological polar surface area (TPSA) is 39.7 Å². The lowest BCUT2D eigenvalue weighted by Crippen LogP contribution is -2.20. The molecule has 0 radical (unpaired) electrons. The highest BCUT2D eigenvalue weighted by Crippen LogP contribution is 2.30. The van der Waals surface area contributed by atoms with E-state index in [1.807, 2.05) is 12.1 Å². The van der Waals surface area contributed by atoms with Crippen LogP contribution in [0.3, 0.4) is 0 Å². The van der Waals surface area contributed by atoms with Crippen LogP contribution in [0.1, 0.15) is 24.5 Å². The normalized spacial score (nSPS) is 10.6. The van der Waals surface area contributed by atoms with Gasteiger partial charge in [0.25, 0.3) is 0 Å². The van der Waals surface area contributed by atoms with Crippen molar-refractivity contribution in [2.75, 3.05) is 40.5 Å². The Balaban J connectivity index is 2.40. The number of aryl methyl sites for hydroxylation is 1. The van der Waals surface area contributed by atoms with Crippen LogP contribution in [0, 0.1) is 6.92 Å². The second-order valence-electron chi connectivity index (χ2n) is 4.75. The molecule has 1 aromatic rings. The second-order valence-corrected chi connectivity index (χ2v) is 4.75. The van der Waals surface area contributed by atoms with Gasteiger partial charge in [-0.05, 0) is 49.6 Å². The number of methoxy groups -OCH3 is 2. The summed E-state index contributed by atoms with van der Waals surface area (Å²) in [6.45, 7) is 7.70. The van der Waals surface area contributed by atoms with E-state index in [9.17, 15) is 0 Å². The van der Waals surface area contributed by atoms with Gasteiger partial charge in [0.05, 0.1) is 27.4 Å². The molecular formula is C16H27NO3. The minimum atomic E-state index is 0.726. The van der Waals surface area contributed by atoms with Gasteiger partial charge >= 0.3 is 0 Å². The molecule has 0 saturated heterocycles. The van der Waals surface area contributed by atoms with E-state index in [2.05, 4.69) is 19.2 Å². The smallest absolute Gasteiger partial charge is 0.161 e. The molecule has 0 spiro atoms. The molecule has 0 amide bonds. The van der Waals surface area contributed by atoms with Crippen LogP contribution in [0.2, 0.25) is 0 Å². The first-order valence-electron chi connectivity index (χ1n) is 7.22. The Morgan fingerprint density at radius 2 is 1.70 bits per heavy atom. The van der Waals surface area contributed by atoms with Crippen LogP contribution in [-0.4, -0.2) is 40.5 Å². The van der Waals surface area contributed by atoms with E-state index >= 15 is 0 Å². The summed E-state index contributed by atoms with van der Waals surface area (Å²) >= 11 is 0. The van der Waals surface area contributed by atoms with Crippen LogP contribution in [0.5, 0.6) is 11.5 Å². The summed E-state index contributed by atoms with van der Waals surface area (Å²) in [6.07, 6.45) is 2.05. The predicted molar refractivity (Wildman–Crippen MR) is 82.0 cm³/mol. The van der Waals surface area contributed by atoms with E-state index in [4.69, 9.17) is 14.2 Å². The van der Waals surface area contributed by atoms with Crippen molar-refractivity contribution >= 4 is 0 Å². The minimum Gasteiger partial charge on any atom is -0.493 e. The third-order valence-electron chi connectivity index (χ3n) is 3.21. The molecule has 114 valence electrons. The van der Waals surface area contributed by atoms with Crippen molar-refractivity contribution in [3.8, 4) is 11.5 Å². The zero-order valence-electron chi connectivity index (χ0n) is 13.1. The highest BCUT2D eigenvalue weighted by Gasteiger charge is 2.08. The molecule has 4 heteroatoms. The van der Waals surface area contributed by atoms with Gasteiger partial charge in [-0.3, -0.25) is 0 Å². The highest BCUT2D eigenvalue weighted by atomic mass is 16.5. The van der Waals surface area contributed by atoms with E-state index in [0.29, 0.717) is 0 Å². The van der Waals surface area contributed by atoms with Gasteiger partial charge in [-0.15, -0.1) is 0 Å². The Kier molecular flexibility index (Phi) is 8.07. The number of benzene rings is 1. The number of ether oxygens (including phenoxy) is 3. The zero-order chi connectivity index (χ0) is 14.8. The maximum atomic E-state index is 5.63. The van der Waals surface area contributed by atoms with Crippen LogP contribution in [0.25, 0.3) is 0 Å².